The summed E-state index contributed by atoms with van der Waals surface area (Å²) in [6.07, 6.45) is 0. The first-order valence-electron chi connectivity index (χ1n) is 8.85. The Balaban J connectivity index is 1.94. The predicted molar refractivity (Wildman–Crippen MR) is 117 cm³/mol. The fourth-order valence-electron chi connectivity index (χ4n) is 3.44. The van der Waals surface area contributed by atoms with Gasteiger partial charge in [-0.2, -0.15) is 0 Å². The highest BCUT2D eigenvalue weighted by molar-refractivity contribution is 9.10. The van der Waals surface area contributed by atoms with Crippen LogP contribution < -0.4 is 4.90 Å². The zero-order valence-electron chi connectivity index (χ0n) is 15.0. The molecule has 0 bridgehead atoms. The molecule has 0 spiro atoms. The minimum absolute atomic E-state index is 0.0449. The molecule has 1 unspecified atom stereocenters. The molecule has 3 aromatic carbocycles. The van der Waals surface area contributed by atoms with E-state index >= 15 is 0 Å². The van der Waals surface area contributed by atoms with Gasteiger partial charge in [0, 0.05) is 20.7 Å². The van der Waals surface area contributed by atoms with Crippen molar-refractivity contribution in [3.05, 3.63) is 105 Å². The predicted octanol–water partition coefficient (Wildman–Crippen LogP) is 5.73. The Morgan fingerprint density at radius 1 is 0.931 bits per heavy atom. The van der Waals surface area contributed by atoms with Gasteiger partial charge in [-0.3, -0.25) is 14.5 Å². The van der Waals surface area contributed by atoms with E-state index in [2.05, 4.69) is 15.9 Å². The number of halogens is 2. The van der Waals surface area contributed by atoms with Crippen LogP contribution in [0.5, 0.6) is 0 Å². The molecule has 0 aromatic heterocycles. The lowest BCUT2D eigenvalue weighted by atomic mass is 9.95. The molecule has 1 atom stereocenters. The van der Waals surface area contributed by atoms with E-state index in [9.17, 15) is 14.7 Å². The SMILES string of the molecule is O=C1C(=O)N(c2cccc(Cl)c2)C(c2ccccc2)/C1=C(\O)c1ccc(Br)cc1. The number of Topliss-reactive ketones (excluding diaryl/α,β-unsaturated/α-hetero) is 1. The minimum Gasteiger partial charge on any atom is -0.507 e. The molecule has 1 saturated heterocycles. The van der Waals surface area contributed by atoms with Crippen LogP contribution in [0.25, 0.3) is 5.76 Å². The van der Waals surface area contributed by atoms with E-state index in [0.717, 1.165) is 4.47 Å². The average molecular weight is 469 g/mol. The zero-order valence-corrected chi connectivity index (χ0v) is 17.4. The van der Waals surface area contributed by atoms with Gasteiger partial charge in [0.05, 0.1) is 11.6 Å². The number of aliphatic hydroxyl groups excluding tert-OH is 1. The second-order valence-corrected chi connectivity index (χ2v) is 7.92. The molecule has 6 heteroatoms. The summed E-state index contributed by atoms with van der Waals surface area (Å²) in [7, 11) is 0. The van der Waals surface area contributed by atoms with E-state index in [-0.39, 0.29) is 11.3 Å². The van der Waals surface area contributed by atoms with Gasteiger partial charge in [-0.25, -0.2) is 0 Å². The number of amides is 1. The number of carbonyl (C=O) groups excluding carboxylic acids is 2. The van der Waals surface area contributed by atoms with Crippen LogP contribution in [0.3, 0.4) is 0 Å². The Hall–Kier alpha value is -2.89. The van der Waals surface area contributed by atoms with Crippen LogP contribution in [0.15, 0.2) is 88.9 Å². The van der Waals surface area contributed by atoms with Crippen LogP contribution in [-0.2, 0) is 9.59 Å². The highest BCUT2D eigenvalue weighted by Crippen LogP contribution is 2.42. The molecule has 29 heavy (non-hydrogen) atoms. The second kappa shape index (κ2) is 7.85. The lowest BCUT2D eigenvalue weighted by Crippen LogP contribution is -2.29. The number of carbonyl (C=O) groups is 2. The Labute approximate surface area is 181 Å². The third-order valence-corrected chi connectivity index (χ3v) is 5.53. The Bertz CT molecular complexity index is 1130. The van der Waals surface area contributed by atoms with Crippen LogP contribution in [-0.4, -0.2) is 16.8 Å². The molecule has 1 N–H and O–H groups in total. The number of ketones is 1. The zero-order chi connectivity index (χ0) is 20.5. The lowest BCUT2D eigenvalue weighted by Gasteiger charge is -2.25. The summed E-state index contributed by atoms with van der Waals surface area (Å²) in [5.74, 6) is -1.66. The van der Waals surface area contributed by atoms with Crippen LogP contribution in [0.4, 0.5) is 5.69 Å². The number of nitrogens with zero attached hydrogens (tertiary/aromatic N) is 1. The first-order valence-corrected chi connectivity index (χ1v) is 10.0. The maximum Gasteiger partial charge on any atom is 0.300 e. The molecule has 144 valence electrons. The number of hydrogen-bond acceptors (Lipinski definition) is 3. The van der Waals surface area contributed by atoms with Gasteiger partial charge in [-0.15, -0.1) is 0 Å². The average Bonchev–Trinajstić information content (AvgIpc) is 2.99. The highest BCUT2D eigenvalue weighted by atomic mass is 79.9. The molecule has 1 aliphatic rings. The van der Waals surface area contributed by atoms with E-state index in [1.165, 1.54) is 4.90 Å². The van der Waals surface area contributed by atoms with E-state index in [1.807, 2.05) is 30.3 Å². The molecule has 4 rings (SSSR count). The van der Waals surface area contributed by atoms with E-state index < -0.39 is 17.7 Å². The number of aliphatic hydroxyl groups is 1. The summed E-state index contributed by atoms with van der Waals surface area (Å²) in [4.78, 5) is 27.4. The smallest absolute Gasteiger partial charge is 0.300 e. The third kappa shape index (κ3) is 3.59. The standard InChI is InChI=1S/C23H15BrClNO3/c24-16-11-9-15(10-12-16)21(27)19-20(14-5-2-1-3-6-14)26(23(29)22(19)28)18-8-4-7-17(25)13-18/h1-13,20,27H/b21-19+. The quantitative estimate of drug-likeness (QED) is 0.303. The van der Waals surface area contributed by atoms with Gasteiger partial charge in [-0.1, -0.05) is 76.1 Å². The molecule has 1 heterocycles. The summed E-state index contributed by atoms with van der Waals surface area (Å²) in [6.45, 7) is 0. The van der Waals surface area contributed by atoms with Gasteiger partial charge in [0.2, 0.25) is 0 Å². The van der Waals surface area contributed by atoms with Gasteiger partial charge in [0.15, 0.2) is 0 Å². The summed E-state index contributed by atoms with van der Waals surface area (Å²) in [5, 5.41) is 11.4. The summed E-state index contributed by atoms with van der Waals surface area (Å²) >= 11 is 9.48. The molecule has 4 nitrogen and oxygen atoms in total. The summed E-state index contributed by atoms with van der Waals surface area (Å²) < 4.78 is 0.841. The van der Waals surface area contributed by atoms with Crippen molar-refractivity contribution < 1.29 is 14.7 Å². The fraction of sp³-hybridized carbons (Fsp3) is 0.0435. The summed E-state index contributed by atoms with van der Waals surface area (Å²) in [6, 6.07) is 22.0. The first-order chi connectivity index (χ1) is 14.0. The monoisotopic (exact) mass is 467 g/mol. The highest BCUT2D eigenvalue weighted by Gasteiger charge is 2.46. The fourth-order valence-corrected chi connectivity index (χ4v) is 3.89. The normalized spacial score (nSPS) is 18.3. The molecular formula is C23H15BrClNO3. The van der Waals surface area contributed by atoms with Gasteiger partial charge in [0.1, 0.15) is 5.76 Å². The third-order valence-electron chi connectivity index (χ3n) is 4.76. The molecule has 0 radical (unpaired) electrons. The maximum absolute atomic E-state index is 13.0. The number of rotatable bonds is 3. The molecule has 1 fully saturated rings. The van der Waals surface area contributed by atoms with Crippen LogP contribution in [0, 0.1) is 0 Å². The molecule has 1 aliphatic heterocycles. The van der Waals surface area contributed by atoms with Crippen molar-refractivity contribution in [3.63, 3.8) is 0 Å². The largest absolute Gasteiger partial charge is 0.507 e. The number of benzene rings is 3. The van der Waals surface area contributed by atoms with Gasteiger partial charge >= 0.3 is 0 Å². The van der Waals surface area contributed by atoms with Crippen molar-refractivity contribution in [3.8, 4) is 0 Å². The Morgan fingerprint density at radius 2 is 1.62 bits per heavy atom. The van der Waals surface area contributed by atoms with Crippen LogP contribution >= 0.6 is 27.5 Å². The summed E-state index contributed by atoms with van der Waals surface area (Å²) in [5.41, 5.74) is 1.70. The van der Waals surface area contributed by atoms with E-state index in [1.54, 1.807) is 48.5 Å². The Kier molecular flexibility index (Phi) is 5.26. The molecule has 0 saturated carbocycles. The topological polar surface area (TPSA) is 57.6 Å². The maximum atomic E-state index is 13.0. The van der Waals surface area contributed by atoms with Crippen molar-refractivity contribution >= 4 is 50.7 Å². The number of anilines is 1. The molecular weight excluding hydrogens is 454 g/mol. The minimum atomic E-state index is -0.765. The Morgan fingerprint density at radius 3 is 2.28 bits per heavy atom. The van der Waals surface area contributed by atoms with Crippen molar-refractivity contribution in [1.82, 2.24) is 0 Å². The van der Waals surface area contributed by atoms with E-state index in [4.69, 9.17) is 11.6 Å². The van der Waals surface area contributed by atoms with E-state index in [0.29, 0.717) is 21.8 Å². The van der Waals surface area contributed by atoms with Gasteiger partial charge < -0.3 is 5.11 Å². The van der Waals surface area contributed by atoms with Gasteiger partial charge in [0.25, 0.3) is 11.7 Å². The lowest BCUT2D eigenvalue weighted by molar-refractivity contribution is -0.132. The second-order valence-electron chi connectivity index (χ2n) is 6.57. The van der Waals surface area contributed by atoms with Gasteiger partial charge in [-0.05, 0) is 35.9 Å². The first kappa shape index (κ1) is 19.4. The van der Waals surface area contributed by atoms with Crippen molar-refractivity contribution in [2.24, 2.45) is 0 Å². The van der Waals surface area contributed by atoms with Crippen molar-refractivity contribution in [2.75, 3.05) is 4.90 Å². The molecule has 3 aromatic rings. The van der Waals surface area contributed by atoms with Crippen LogP contribution in [0.1, 0.15) is 17.2 Å². The molecule has 1 amide bonds. The molecule has 0 aliphatic carbocycles. The van der Waals surface area contributed by atoms with Crippen molar-refractivity contribution in [1.29, 1.82) is 0 Å². The van der Waals surface area contributed by atoms with Crippen LogP contribution in [0.2, 0.25) is 5.02 Å². The van der Waals surface area contributed by atoms with Crippen molar-refractivity contribution in [2.45, 2.75) is 6.04 Å². The number of hydrogen-bond donors (Lipinski definition) is 1.